The van der Waals surface area contributed by atoms with Crippen LogP contribution in [-0.2, 0) is 0 Å². The summed E-state index contributed by atoms with van der Waals surface area (Å²) in [5.74, 6) is 0.379. The molecule has 0 bridgehead atoms. The Labute approximate surface area is 169 Å². The maximum Gasteiger partial charge on any atom is 0.242 e. The maximum absolute atomic E-state index is 10.2. The van der Waals surface area contributed by atoms with Crippen LogP contribution in [0.1, 0.15) is 40.5 Å². The van der Waals surface area contributed by atoms with E-state index in [-0.39, 0.29) is 28.6 Å². The molecule has 1 saturated heterocycles. The molecule has 2 aromatic heterocycles. The van der Waals surface area contributed by atoms with Gasteiger partial charge in [0, 0.05) is 29.4 Å². The SMILES string of the molecule is CC1(C)CC(Nc2ncc(-c3ncc(N/N=C\C=N)cc3O)nn2)CC(C)(C)N1. The predicted octanol–water partition coefficient (Wildman–Crippen LogP) is 2.41. The van der Waals surface area contributed by atoms with Gasteiger partial charge in [0.1, 0.15) is 17.1 Å². The minimum absolute atomic E-state index is 0.0149. The van der Waals surface area contributed by atoms with Crippen LogP contribution in [0.2, 0.25) is 0 Å². The summed E-state index contributed by atoms with van der Waals surface area (Å²) in [7, 11) is 0. The van der Waals surface area contributed by atoms with Gasteiger partial charge in [-0.15, -0.1) is 10.2 Å². The van der Waals surface area contributed by atoms with Crippen LogP contribution in [0, 0.1) is 5.41 Å². The molecule has 10 nitrogen and oxygen atoms in total. The third-order valence-electron chi connectivity index (χ3n) is 4.54. The van der Waals surface area contributed by atoms with Crippen LogP contribution in [0.25, 0.3) is 11.4 Å². The summed E-state index contributed by atoms with van der Waals surface area (Å²) in [5, 5.41) is 36.2. The third kappa shape index (κ3) is 5.44. The Morgan fingerprint density at radius 2 is 1.90 bits per heavy atom. The van der Waals surface area contributed by atoms with Gasteiger partial charge in [-0.05, 0) is 40.5 Å². The van der Waals surface area contributed by atoms with Gasteiger partial charge in [0.25, 0.3) is 0 Å². The van der Waals surface area contributed by atoms with Crippen molar-refractivity contribution in [3.63, 3.8) is 0 Å². The van der Waals surface area contributed by atoms with Crippen molar-refractivity contribution in [1.82, 2.24) is 25.5 Å². The number of hydrazone groups is 1. The van der Waals surface area contributed by atoms with Crippen LogP contribution in [0.3, 0.4) is 0 Å². The van der Waals surface area contributed by atoms with E-state index in [1.165, 1.54) is 24.7 Å². The van der Waals surface area contributed by atoms with Crippen molar-refractivity contribution in [2.45, 2.75) is 57.7 Å². The average molecular weight is 397 g/mol. The molecule has 10 heteroatoms. The molecule has 0 spiro atoms. The summed E-state index contributed by atoms with van der Waals surface area (Å²) in [6.45, 7) is 8.75. The first-order valence-corrected chi connectivity index (χ1v) is 9.41. The quantitative estimate of drug-likeness (QED) is 0.369. The lowest BCUT2D eigenvalue weighted by molar-refractivity contribution is 0.170. The fourth-order valence-corrected chi connectivity index (χ4v) is 3.92. The van der Waals surface area contributed by atoms with E-state index >= 15 is 0 Å². The Morgan fingerprint density at radius 3 is 2.48 bits per heavy atom. The summed E-state index contributed by atoms with van der Waals surface area (Å²) in [6, 6.07) is 1.70. The van der Waals surface area contributed by atoms with Crippen LogP contribution >= 0.6 is 0 Å². The van der Waals surface area contributed by atoms with E-state index in [9.17, 15) is 5.11 Å². The van der Waals surface area contributed by atoms with E-state index in [0.717, 1.165) is 19.1 Å². The van der Waals surface area contributed by atoms with Crippen LogP contribution in [0.5, 0.6) is 5.75 Å². The monoisotopic (exact) mass is 397 g/mol. The van der Waals surface area contributed by atoms with Gasteiger partial charge in [0.15, 0.2) is 0 Å². The molecule has 0 unspecified atom stereocenters. The molecule has 0 atom stereocenters. The summed E-state index contributed by atoms with van der Waals surface area (Å²) < 4.78 is 0. The van der Waals surface area contributed by atoms with Gasteiger partial charge in [0.05, 0.1) is 24.3 Å². The molecule has 154 valence electrons. The minimum Gasteiger partial charge on any atom is -0.506 e. The molecule has 0 saturated carbocycles. The lowest BCUT2D eigenvalue weighted by Gasteiger charge is -2.46. The number of rotatable bonds is 6. The van der Waals surface area contributed by atoms with Gasteiger partial charge in [-0.1, -0.05) is 0 Å². The Bertz CT molecular complexity index is 877. The number of aromatic hydroxyl groups is 1. The molecule has 2 aromatic rings. The first-order chi connectivity index (χ1) is 13.7. The average Bonchev–Trinajstić information content (AvgIpc) is 2.60. The number of pyridine rings is 1. The van der Waals surface area contributed by atoms with E-state index in [4.69, 9.17) is 5.41 Å². The zero-order valence-electron chi connectivity index (χ0n) is 17.1. The molecule has 0 aliphatic carbocycles. The Balaban J connectivity index is 1.70. The highest BCUT2D eigenvalue weighted by molar-refractivity contribution is 6.14. The molecular weight excluding hydrogens is 370 g/mol. The van der Waals surface area contributed by atoms with Crippen molar-refractivity contribution in [1.29, 1.82) is 5.41 Å². The standard InChI is InChI=1S/C19H27N9O/c1-18(2)8-13(9-19(3,4)28-18)24-17-22-11-14(26-27-17)16-15(29)7-12(10-21-16)25-23-6-5-20/h5-7,10-11,13,20,25,28-29H,8-9H2,1-4H3,(H,22,24,27)/b20-5?,23-6-. The number of aromatic nitrogens is 4. The summed E-state index contributed by atoms with van der Waals surface area (Å²) >= 11 is 0. The molecule has 1 aliphatic heterocycles. The molecule has 1 fully saturated rings. The van der Waals surface area contributed by atoms with Crippen LogP contribution in [0.15, 0.2) is 23.6 Å². The van der Waals surface area contributed by atoms with Gasteiger partial charge in [-0.2, -0.15) is 5.10 Å². The highest BCUT2D eigenvalue weighted by Gasteiger charge is 2.37. The van der Waals surface area contributed by atoms with E-state index in [1.54, 1.807) is 0 Å². The van der Waals surface area contributed by atoms with Crippen molar-refractivity contribution < 1.29 is 5.11 Å². The molecule has 0 aromatic carbocycles. The number of nitrogens with one attached hydrogen (secondary N) is 4. The topological polar surface area (TPSA) is 144 Å². The fraction of sp³-hybridized carbons (Fsp3) is 0.474. The second-order valence-electron chi connectivity index (χ2n) is 8.46. The summed E-state index contributed by atoms with van der Waals surface area (Å²) in [6.07, 6.45) is 7.24. The first-order valence-electron chi connectivity index (χ1n) is 9.41. The van der Waals surface area contributed by atoms with Crippen molar-refractivity contribution in [3.05, 3.63) is 18.5 Å². The highest BCUT2D eigenvalue weighted by atomic mass is 16.3. The van der Waals surface area contributed by atoms with E-state index in [2.05, 4.69) is 69.0 Å². The zero-order valence-corrected chi connectivity index (χ0v) is 17.1. The second-order valence-corrected chi connectivity index (χ2v) is 8.46. The molecule has 5 N–H and O–H groups in total. The minimum atomic E-state index is -0.0706. The molecule has 0 amide bonds. The number of piperidine rings is 1. The molecule has 29 heavy (non-hydrogen) atoms. The van der Waals surface area contributed by atoms with Crippen molar-refractivity contribution >= 4 is 24.1 Å². The number of hydrogen-bond donors (Lipinski definition) is 5. The van der Waals surface area contributed by atoms with Crippen LogP contribution in [0.4, 0.5) is 11.6 Å². The molecule has 1 aliphatic rings. The van der Waals surface area contributed by atoms with Gasteiger partial charge >= 0.3 is 0 Å². The van der Waals surface area contributed by atoms with Crippen LogP contribution < -0.4 is 16.1 Å². The zero-order chi connectivity index (χ0) is 21.1. The molecule has 3 heterocycles. The highest BCUT2D eigenvalue weighted by Crippen LogP contribution is 2.30. The van der Waals surface area contributed by atoms with Gasteiger partial charge in [-0.25, -0.2) is 9.97 Å². The fourth-order valence-electron chi connectivity index (χ4n) is 3.92. The predicted molar refractivity (Wildman–Crippen MR) is 114 cm³/mol. The smallest absolute Gasteiger partial charge is 0.242 e. The Hall–Kier alpha value is -3.14. The number of anilines is 2. The summed E-state index contributed by atoms with van der Waals surface area (Å²) in [4.78, 5) is 8.54. The first kappa shape index (κ1) is 20.6. The second kappa shape index (κ2) is 8.08. The lowest BCUT2D eigenvalue weighted by atomic mass is 9.80. The number of nitrogens with zero attached hydrogens (tertiary/aromatic N) is 5. The lowest BCUT2D eigenvalue weighted by Crippen LogP contribution is -2.60. The molecule has 3 rings (SSSR count). The summed E-state index contributed by atoms with van der Waals surface area (Å²) in [5.41, 5.74) is 3.83. The van der Waals surface area contributed by atoms with Gasteiger partial charge in [-0.3, -0.25) is 5.43 Å². The van der Waals surface area contributed by atoms with Crippen molar-refractivity contribution in [3.8, 4) is 17.1 Å². The van der Waals surface area contributed by atoms with E-state index in [0.29, 0.717) is 17.3 Å². The molecular formula is C19H27N9O. The van der Waals surface area contributed by atoms with Crippen LogP contribution in [-0.4, -0.2) is 54.8 Å². The van der Waals surface area contributed by atoms with Gasteiger partial charge < -0.3 is 21.1 Å². The van der Waals surface area contributed by atoms with Gasteiger partial charge in [0.2, 0.25) is 5.95 Å². The van der Waals surface area contributed by atoms with Crippen molar-refractivity contribution in [2.75, 3.05) is 10.7 Å². The third-order valence-corrected chi connectivity index (χ3v) is 4.54. The molecule has 0 radical (unpaired) electrons. The maximum atomic E-state index is 10.2. The van der Waals surface area contributed by atoms with E-state index in [1.807, 2.05) is 0 Å². The van der Waals surface area contributed by atoms with E-state index < -0.39 is 0 Å². The largest absolute Gasteiger partial charge is 0.506 e. The number of hydrogen-bond acceptors (Lipinski definition) is 10. The van der Waals surface area contributed by atoms with Crippen molar-refractivity contribution in [2.24, 2.45) is 5.10 Å². The normalized spacial score (nSPS) is 18.5. The Morgan fingerprint density at radius 1 is 1.17 bits per heavy atom. The Kier molecular flexibility index (Phi) is 5.73.